The summed E-state index contributed by atoms with van der Waals surface area (Å²) >= 11 is 0. The first kappa shape index (κ1) is 20.6. The molecule has 7 heteroatoms. The van der Waals surface area contributed by atoms with Gasteiger partial charge in [-0.2, -0.15) is 0 Å². The predicted molar refractivity (Wildman–Crippen MR) is 100 cm³/mol. The molecule has 0 spiro atoms. The molecule has 1 aliphatic rings. The van der Waals surface area contributed by atoms with Gasteiger partial charge in [0.2, 0.25) is 0 Å². The number of piperidine rings is 1. The van der Waals surface area contributed by atoms with Gasteiger partial charge in [-0.15, -0.1) is 0 Å². The number of hydrogen-bond donors (Lipinski definition) is 2. The van der Waals surface area contributed by atoms with Crippen LogP contribution in [0.3, 0.4) is 0 Å². The predicted octanol–water partition coefficient (Wildman–Crippen LogP) is 2.52. The Morgan fingerprint density at radius 3 is 2.77 bits per heavy atom. The number of hydrogen-bond acceptors (Lipinski definition) is 3. The fourth-order valence-electron chi connectivity index (χ4n) is 3.08. The van der Waals surface area contributed by atoms with Gasteiger partial charge in [-0.25, -0.2) is 13.8 Å². The highest BCUT2D eigenvalue weighted by molar-refractivity contribution is 5.80. The van der Waals surface area contributed by atoms with Gasteiger partial charge < -0.3 is 20.3 Å². The van der Waals surface area contributed by atoms with E-state index in [1.54, 1.807) is 7.11 Å². The van der Waals surface area contributed by atoms with E-state index in [2.05, 4.69) is 20.5 Å². The molecule has 0 radical (unpaired) electrons. The molecule has 1 fully saturated rings. The zero-order valence-electron chi connectivity index (χ0n) is 15.7. The Balaban J connectivity index is 1.85. The van der Waals surface area contributed by atoms with Gasteiger partial charge in [-0.1, -0.05) is 0 Å². The number of benzene rings is 1. The van der Waals surface area contributed by atoms with Crippen LogP contribution in [0.1, 0.15) is 31.7 Å². The molecule has 0 unspecified atom stereocenters. The first-order valence-electron chi connectivity index (χ1n) is 9.32. The fraction of sp³-hybridized carbons (Fsp3) is 0.632. The van der Waals surface area contributed by atoms with Crippen LogP contribution in [0.15, 0.2) is 23.2 Å². The molecule has 146 valence electrons. The molecule has 2 N–H and O–H groups in total. The van der Waals surface area contributed by atoms with Crippen molar-refractivity contribution in [3.8, 4) is 0 Å². The summed E-state index contributed by atoms with van der Waals surface area (Å²) in [6, 6.07) is 3.79. The number of methoxy groups -OCH3 is 1. The number of rotatable bonds is 8. The van der Waals surface area contributed by atoms with E-state index >= 15 is 0 Å². The molecular formula is C19H30F2N4O. The largest absolute Gasteiger partial charge is 0.385 e. The van der Waals surface area contributed by atoms with Gasteiger partial charge in [-0.3, -0.25) is 0 Å². The number of guanidine groups is 1. The minimum absolute atomic E-state index is 0.106. The summed E-state index contributed by atoms with van der Waals surface area (Å²) in [5, 5.41) is 6.60. The zero-order valence-corrected chi connectivity index (χ0v) is 15.7. The molecular weight excluding hydrogens is 338 g/mol. The van der Waals surface area contributed by atoms with Crippen LogP contribution in [0.5, 0.6) is 0 Å². The molecule has 1 aromatic carbocycles. The molecule has 26 heavy (non-hydrogen) atoms. The molecule has 1 aliphatic heterocycles. The van der Waals surface area contributed by atoms with Crippen molar-refractivity contribution in [3.63, 3.8) is 0 Å². The van der Waals surface area contributed by atoms with Crippen LogP contribution in [0.2, 0.25) is 0 Å². The molecule has 0 bridgehead atoms. The van der Waals surface area contributed by atoms with Gasteiger partial charge in [0.25, 0.3) is 0 Å². The second-order valence-corrected chi connectivity index (χ2v) is 6.54. The topological polar surface area (TPSA) is 48.9 Å². The Bertz CT molecular complexity index is 575. The Kier molecular flexibility index (Phi) is 8.77. The zero-order chi connectivity index (χ0) is 18.8. The molecule has 0 saturated carbocycles. The van der Waals surface area contributed by atoms with Crippen molar-refractivity contribution in [1.82, 2.24) is 15.5 Å². The Morgan fingerprint density at radius 1 is 1.31 bits per heavy atom. The van der Waals surface area contributed by atoms with Crippen molar-refractivity contribution in [2.45, 2.75) is 38.8 Å². The summed E-state index contributed by atoms with van der Waals surface area (Å²) < 4.78 is 32.1. The van der Waals surface area contributed by atoms with Gasteiger partial charge in [0, 0.05) is 51.5 Å². The highest BCUT2D eigenvalue weighted by Gasteiger charge is 2.19. The Morgan fingerprint density at radius 2 is 2.08 bits per heavy atom. The van der Waals surface area contributed by atoms with E-state index in [0.717, 1.165) is 57.6 Å². The van der Waals surface area contributed by atoms with Crippen LogP contribution in [-0.2, 0) is 11.3 Å². The van der Waals surface area contributed by atoms with Crippen LogP contribution >= 0.6 is 0 Å². The number of ether oxygens (including phenoxy) is 1. The maximum atomic E-state index is 13.7. The van der Waals surface area contributed by atoms with Gasteiger partial charge in [0.15, 0.2) is 5.96 Å². The third-order valence-electron chi connectivity index (χ3n) is 4.51. The average Bonchev–Trinajstić information content (AvgIpc) is 2.64. The van der Waals surface area contributed by atoms with Crippen LogP contribution in [0, 0.1) is 11.6 Å². The smallest absolute Gasteiger partial charge is 0.191 e. The SMILES string of the molecule is CCNC(=NCc1cc(F)ccc1F)NC1CCN(CCCOC)CC1. The van der Waals surface area contributed by atoms with Crippen molar-refractivity contribution in [3.05, 3.63) is 35.4 Å². The highest BCUT2D eigenvalue weighted by Crippen LogP contribution is 2.12. The first-order valence-corrected chi connectivity index (χ1v) is 9.32. The van der Waals surface area contributed by atoms with E-state index in [1.165, 1.54) is 6.07 Å². The number of nitrogens with zero attached hydrogens (tertiary/aromatic N) is 2. The maximum Gasteiger partial charge on any atom is 0.191 e. The van der Waals surface area contributed by atoms with Gasteiger partial charge in [0.1, 0.15) is 11.6 Å². The van der Waals surface area contributed by atoms with Crippen molar-refractivity contribution in [2.75, 3.05) is 39.9 Å². The van der Waals surface area contributed by atoms with Crippen LogP contribution < -0.4 is 10.6 Å². The summed E-state index contributed by atoms with van der Waals surface area (Å²) in [6.45, 7) is 6.75. The molecule has 2 rings (SSSR count). The van der Waals surface area contributed by atoms with E-state index in [0.29, 0.717) is 18.5 Å². The maximum absolute atomic E-state index is 13.7. The average molecular weight is 368 g/mol. The number of nitrogens with one attached hydrogen (secondary N) is 2. The summed E-state index contributed by atoms with van der Waals surface area (Å²) in [6.07, 6.45) is 3.12. The lowest BCUT2D eigenvalue weighted by molar-refractivity contribution is 0.155. The monoisotopic (exact) mass is 368 g/mol. The summed E-state index contributed by atoms with van der Waals surface area (Å²) in [4.78, 5) is 6.86. The van der Waals surface area contributed by atoms with E-state index in [-0.39, 0.29) is 12.1 Å². The summed E-state index contributed by atoms with van der Waals surface area (Å²) in [7, 11) is 1.73. The molecule has 1 saturated heterocycles. The Hall–Kier alpha value is -1.73. The lowest BCUT2D eigenvalue weighted by Crippen LogP contribution is -2.48. The molecule has 0 aliphatic carbocycles. The van der Waals surface area contributed by atoms with Crippen LogP contribution in [-0.4, -0.2) is 56.8 Å². The second-order valence-electron chi connectivity index (χ2n) is 6.54. The summed E-state index contributed by atoms with van der Waals surface area (Å²) in [5.74, 6) is -0.236. The number of halogens is 2. The number of aliphatic imine (C=N–C) groups is 1. The lowest BCUT2D eigenvalue weighted by Gasteiger charge is -2.33. The van der Waals surface area contributed by atoms with Gasteiger partial charge in [-0.05, 0) is 44.4 Å². The normalized spacial score (nSPS) is 16.7. The standard InChI is InChI=1S/C19H30F2N4O/c1-3-22-19(23-14-15-13-16(20)5-6-18(15)21)24-17-7-10-25(11-8-17)9-4-12-26-2/h5-6,13,17H,3-4,7-12,14H2,1-2H3,(H2,22,23,24). The third-order valence-corrected chi connectivity index (χ3v) is 4.51. The van der Waals surface area contributed by atoms with E-state index in [4.69, 9.17) is 4.74 Å². The molecule has 1 heterocycles. The van der Waals surface area contributed by atoms with Crippen molar-refractivity contribution in [1.29, 1.82) is 0 Å². The number of likely N-dealkylation sites (tertiary alicyclic amines) is 1. The molecule has 1 aromatic rings. The van der Waals surface area contributed by atoms with E-state index in [9.17, 15) is 8.78 Å². The lowest BCUT2D eigenvalue weighted by atomic mass is 10.1. The van der Waals surface area contributed by atoms with Gasteiger partial charge >= 0.3 is 0 Å². The van der Waals surface area contributed by atoms with Crippen molar-refractivity contribution >= 4 is 5.96 Å². The highest BCUT2D eigenvalue weighted by atomic mass is 19.1. The molecule has 0 atom stereocenters. The van der Waals surface area contributed by atoms with Crippen LogP contribution in [0.4, 0.5) is 8.78 Å². The minimum atomic E-state index is -0.449. The van der Waals surface area contributed by atoms with E-state index in [1.807, 2.05) is 6.92 Å². The van der Waals surface area contributed by atoms with Crippen LogP contribution in [0.25, 0.3) is 0 Å². The quantitative estimate of drug-likeness (QED) is 0.421. The fourth-order valence-corrected chi connectivity index (χ4v) is 3.08. The van der Waals surface area contributed by atoms with Crippen molar-refractivity contribution in [2.24, 2.45) is 4.99 Å². The summed E-state index contributed by atoms with van der Waals surface area (Å²) in [5.41, 5.74) is 0.259. The van der Waals surface area contributed by atoms with Crippen molar-refractivity contribution < 1.29 is 13.5 Å². The third kappa shape index (κ3) is 6.88. The molecule has 0 aromatic heterocycles. The van der Waals surface area contributed by atoms with E-state index < -0.39 is 11.6 Å². The molecule has 5 nitrogen and oxygen atoms in total. The first-order chi connectivity index (χ1) is 12.6. The minimum Gasteiger partial charge on any atom is -0.385 e. The Labute approximate surface area is 154 Å². The second kappa shape index (κ2) is 11.1. The molecule has 0 amide bonds. The van der Waals surface area contributed by atoms with Gasteiger partial charge in [0.05, 0.1) is 6.54 Å².